The molecule has 0 aliphatic carbocycles. The minimum atomic E-state index is 0.638. The summed E-state index contributed by atoms with van der Waals surface area (Å²) < 4.78 is 11.6. The van der Waals surface area contributed by atoms with Crippen molar-refractivity contribution < 1.29 is 9.47 Å². The van der Waals surface area contributed by atoms with E-state index in [1.54, 1.807) is 7.11 Å². The molecule has 0 spiro atoms. The van der Waals surface area contributed by atoms with Gasteiger partial charge in [0.05, 0.1) is 13.7 Å². The smallest absolute Gasteiger partial charge is 0.127 e. The van der Waals surface area contributed by atoms with Crippen LogP contribution in [0.5, 0.6) is 11.5 Å². The van der Waals surface area contributed by atoms with Crippen molar-refractivity contribution in [2.75, 3.05) is 13.7 Å². The molecule has 0 unspecified atom stereocenters. The van der Waals surface area contributed by atoms with Crippen LogP contribution in [0.2, 0.25) is 0 Å². The zero-order valence-electron chi connectivity index (χ0n) is 16.2. The molecular formula is C24H26O2. The van der Waals surface area contributed by atoms with Gasteiger partial charge < -0.3 is 9.47 Å². The van der Waals surface area contributed by atoms with Gasteiger partial charge in [-0.05, 0) is 74.2 Å². The number of rotatable bonds is 5. The summed E-state index contributed by atoms with van der Waals surface area (Å²) in [5, 5.41) is 0. The minimum absolute atomic E-state index is 0.638. The van der Waals surface area contributed by atoms with Crippen molar-refractivity contribution in [3.63, 3.8) is 0 Å². The van der Waals surface area contributed by atoms with Crippen molar-refractivity contribution >= 4 is 0 Å². The molecule has 0 saturated carbocycles. The van der Waals surface area contributed by atoms with E-state index in [4.69, 9.17) is 9.47 Å². The highest BCUT2D eigenvalue weighted by Gasteiger charge is 2.16. The average Bonchev–Trinajstić information content (AvgIpc) is 2.64. The van der Waals surface area contributed by atoms with Crippen LogP contribution in [0.3, 0.4) is 0 Å². The van der Waals surface area contributed by atoms with Gasteiger partial charge in [0, 0.05) is 11.1 Å². The van der Waals surface area contributed by atoms with Crippen molar-refractivity contribution in [2.24, 2.45) is 0 Å². The van der Waals surface area contributed by atoms with E-state index in [1.165, 1.54) is 27.8 Å². The molecule has 0 radical (unpaired) electrons. The van der Waals surface area contributed by atoms with Gasteiger partial charge in [-0.15, -0.1) is 0 Å². The van der Waals surface area contributed by atoms with Gasteiger partial charge in [-0.25, -0.2) is 0 Å². The van der Waals surface area contributed by atoms with Crippen LogP contribution < -0.4 is 9.47 Å². The Labute approximate surface area is 156 Å². The Morgan fingerprint density at radius 2 is 1.42 bits per heavy atom. The van der Waals surface area contributed by atoms with Crippen LogP contribution in [0.25, 0.3) is 22.3 Å². The summed E-state index contributed by atoms with van der Waals surface area (Å²) in [6.45, 7) is 9.04. The van der Waals surface area contributed by atoms with E-state index >= 15 is 0 Å². The van der Waals surface area contributed by atoms with Crippen molar-refractivity contribution in [3.8, 4) is 33.8 Å². The summed E-state index contributed by atoms with van der Waals surface area (Å²) in [6.07, 6.45) is 0. The van der Waals surface area contributed by atoms with Gasteiger partial charge in [0.1, 0.15) is 11.5 Å². The van der Waals surface area contributed by atoms with Gasteiger partial charge in [0.15, 0.2) is 0 Å². The number of benzene rings is 3. The predicted octanol–water partition coefficient (Wildman–Crippen LogP) is 6.35. The Hall–Kier alpha value is -2.74. The SMILES string of the molecule is CCOc1ccc(C)cc1-c1cc(C)c(-c2ccccc2C)cc1OC. The number of methoxy groups -OCH3 is 1. The topological polar surface area (TPSA) is 18.5 Å². The van der Waals surface area contributed by atoms with Crippen molar-refractivity contribution in [1.82, 2.24) is 0 Å². The van der Waals surface area contributed by atoms with E-state index in [0.29, 0.717) is 6.61 Å². The molecule has 134 valence electrons. The van der Waals surface area contributed by atoms with E-state index < -0.39 is 0 Å². The second-order valence-electron chi connectivity index (χ2n) is 6.61. The van der Waals surface area contributed by atoms with Crippen LogP contribution in [0.4, 0.5) is 0 Å². The molecule has 0 bridgehead atoms. The van der Waals surface area contributed by atoms with E-state index in [9.17, 15) is 0 Å². The second kappa shape index (κ2) is 7.65. The van der Waals surface area contributed by atoms with Crippen LogP contribution in [0.15, 0.2) is 54.6 Å². The van der Waals surface area contributed by atoms with Gasteiger partial charge in [0.25, 0.3) is 0 Å². The first kappa shape index (κ1) is 18.1. The lowest BCUT2D eigenvalue weighted by Crippen LogP contribution is -1.98. The summed E-state index contributed by atoms with van der Waals surface area (Å²) in [4.78, 5) is 0. The fraction of sp³-hybridized carbons (Fsp3) is 0.250. The molecule has 0 aliphatic rings. The lowest BCUT2D eigenvalue weighted by molar-refractivity contribution is 0.341. The molecule has 0 atom stereocenters. The Balaban J connectivity index is 2.21. The fourth-order valence-corrected chi connectivity index (χ4v) is 3.37. The second-order valence-corrected chi connectivity index (χ2v) is 6.61. The molecule has 2 heteroatoms. The zero-order valence-corrected chi connectivity index (χ0v) is 16.2. The van der Waals surface area contributed by atoms with Gasteiger partial charge >= 0.3 is 0 Å². The highest BCUT2D eigenvalue weighted by Crippen LogP contribution is 2.41. The molecule has 0 fully saturated rings. The standard InChI is InChI=1S/C24H26O2/c1-6-26-23-12-11-16(2)13-21(23)22-14-18(4)20(15-24(22)25-5)19-10-8-7-9-17(19)3/h7-15H,6H2,1-5H3. The molecule has 3 aromatic rings. The van der Waals surface area contributed by atoms with Gasteiger partial charge in [-0.1, -0.05) is 35.9 Å². The third-order valence-electron chi connectivity index (χ3n) is 4.71. The molecule has 0 aliphatic heterocycles. The molecule has 26 heavy (non-hydrogen) atoms. The molecule has 0 N–H and O–H groups in total. The van der Waals surface area contributed by atoms with E-state index in [2.05, 4.69) is 69.3 Å². The van der Waals surface area contributed by atoms with Crippen LogP contribution in [0.1, 0.15) is 23.6 Å². The minimum Gasteiger partial charge on any atom is -0.496 e. The van der Waals surface area contributed by atoms with Gasteiger partial charge in [-0.3, -0.25) is 0 Å². The summed E-state index contributed by atoms with van der Waals surface area (Å²) in [5.74, 6) is 1.75. The average molecular weight is 346 g/mol. The van der Waals surface area contributed by atoms with E-state index in [1.807, 2.05) is 13.0 Å². The Morgan fingerprint density at radius 1 is 0.692 bits per heavy atom. The highest BCUT2D eigenvalue weighted by atomic mass is 16.5. The number of hydrogen-bond acceptors (Lipinski definition) is 2. The molecular weight excluding hydrogens is 320 g/mol. The maximum absolute atomic E-state index is 5.86. The first-order valence-electron chi connectivity index (χ1n) is 9.03. The summed E-state index contributed by atoms with van der Waals surface area (Å²) in [7, 11) is 1.73. The fourth-order valence-electron chi connectivity index (χ4n) is 3.37. The highest BCUT2D eigenvalue weighted by molar-refractivity contribution is 5.82. The molecule has 3 rings (SSSR count). The molecule has 0 saturated heterocycles. The summed E-state index contributed by atoms with van der Waals surface area (Å²) >= 11 is 0. The molecule has 0 amide bonds. The van der Waals surface area contributed by atoms with Crippen LogP contribution >= 0.6 is 0 Å². The van der Waals surface area contributed by atoms with Crippen LogP contribution in [0, 0.1) is 20.8 Å². The number of aryl methyl sites for hydroxylation is 3. The molecule has 2 nitrogen and oxygen atoms in total. The van der Waals surface area contributed by atoms with Crippen molar-refractivity contribution in [3.05, 3.63) is 71.3 Å². The van der Waals surface area contributed by atoms with Gasteiger partial charge in [0.2, 0.25) is 0 Å². The van der Waals surface area contributed by atoms with Gasteiger partial charge in [-0.2, -0.15) is 0 Å². The quantitative estimate of drug-likeness (QED) is 0.535. The first-order chi connectivity index (χ1) is 12.5. The lowest BCUT2D eigenvalue weighted by atomic mass is 9.92. The normalized spacial score (nSPS) is 10.7. The first-order valence-corrected chi connectivity index (χ1v) is 9.03. The third-order valence-corrected chi connectivity index (χ3v) is 4.71. The Kier molecular flexibility index (Phi) is 5.32. The summed E-state index contributed by atoms with van der Waals surface area (Å²) in [5.41, 5.74) is 8.26. The molecule has 3 aromatic carbocycles. The van der Waals surface area contributed by atoms with Crippen LogP contribution in [-0.4, -0.2) is 13.7 Å². The molecule has 0 heterocycles. The zero-order chi connectivity index (χ0) is 18.7. The van der Waals surface area contributed by atoms with Crippen molar-refractivity contribution in [1.29, 1.82) is 0 Å². The maximum Gasteiger partial charge on any atom is 0.127 e. The Bertz CT molecular complexity index is 925. The number of hydrogen-bond donors (Lipinski definition) is 0. The maximum atomic E-state index is 5.86. The van der Waals surface area contributed by atoms with E-state index in [0.717, 1.165) is 22.6 Å². The lowest BCUT2D eigenvalue weighted by Gasteiger charge is -2.18. The largest absolute Gasteiger partial charge is 0.496 e. The Morgan fingerprint density at radius 3 is 2.12 bits per heavy atom. The van der Waals surface area contributed by atoms with Crippen molar-refractivity contribution in [2.45, 2.75) is 27.7 Å². The summed E-state index contributed by atoms with van der Waals surface area (Å²) in [6, 6.07) is 19.1. The third kappa shape index (κ3) is 3.45. The van der Waals surface area contributed by atoms with Crippen LogP contribution in [-0.2, 0) is 0 Å². The number of ether oxygens (including phenoxy) is 2. The molecule has 0 aromatic heterocycles. The van der Waals surface area contributed by atoms with E-state index in [-0.39, 0.29) is 0 Å². The monoisotopic (exact) mass is 346 g/mol. The predicted molar refractivity (Wildman–Crippen MR) is 109 cm³/mol.